The van der Waals surface area contributed by atoms with Crippen LogP contribution in [-0.2, 0) is 4.79 Å². The summed E-state index contributed by atoms with van der Waals surface area (Å²) in [4.78, 5) is 23.2. The molecule has 1 amide bonds. The van der Waals surface area contributed by atoms with Gasteiger partial charge in [0.15, 0.2) is 0 Å². The second-order valence-corrected chi connectivity index (χ2v) is 6.91. The van der Waals surface area contributed by atoms with Gasteiger partial charge in [0.2, 0.25) is 5.91 Å². The highest BCUT2D eigenvalue weighted by molar-refractivity contribution is 5.78. The molecule has 3 rings (SSSR count). The van der Waals surface area contributed by atoms with Crippen molar-refractivity contribution in [3.8, 4) is 0 Å². The second kappa shape index (κ2) is 7.94. The summed E-state index contributed by atoms with van der Waals surface area (Å²) in [7, 11) is 0. The smallest absolute Gasteiger partial charge is 0.236 e. The number of aryl methyl sites for hydroxylation is 1. The fourth-order valence-corrected chi connectivity index (χ4v) is 3.69. The van der Waals surface area contributed by atoms with Crippen molar-refractivity contribution in [3.05, 3.63) is 24.0 Å². The van der Waals surface area contributed by atoms with Gasteiger partial charge < -0.3 is 14.9 Å². The van der Waals surface area contributed by atoms with Crippen LogP contribution < -0.4 is 4.90 Å². The summed E-state index contributed by atoms with van der Waals surface area (Å²) in [6, 6.07) is 2.06. The zero-order chi connectivity index (χ0) is 16.9. The molecule has 0 bridgehead atoms. The van der Waals surface area contributed by atoms with E-state index in [1.165, 1.54) is 11.3 Å². The molecular formula is C18H28N4O2. The molecular weight excluding hydrogens is 304 g/mol. The number of hydrogen-bond donors (Lipinski definition) is 1. The maximum absolute atomic E-state index is 12.6. The standard InChI is InChI=1S/C18H28N4O2/c1-15-12-19-6-5-17(15)21-8-3-9-22(11-10-21)18(24)14-20-7-2-4-16(23)13-20/h5-6,12,16,23H,2-4,7-11,13-14H2,1H3. The molecule has 132 valence electrons. The Bertz CT molecular complexity index is 566. The first-order chi connectivity index (χ1) is 11.6. The van der Waals surface area contributed by atoms with Crippen molar-refractivity contribution < 1.29 is 9.90 Å². The first-order valence-electron chi connectivity index (χ1n) is 8.97. The summed E-state index contributed by atoms with van der Waals surface area (Å²) < 4.78 is 0. The number of likely N-dealkylation sites (tertiary alicyclic amines) is 1. The van der Waals surface area contributed by atoms with Gasteiger partial charge in [-0.2, -0.15) is 0 Å². The Hall–Kier alpha value is -1.66. The number of aliphatic hydroxyl groups excluding tert-OH is 1. The molecule has 6 nitrogen and oxygen atoms in total. The van der Waals surface area contributed by atoms with Gasteiger partial charge >= 0.3 is 0 Å². The van der Waals surface area contributed by atoms with Gasteiger partial charge in [-0.1, -0.05) is 0 Å². The van der Waals surface area contributed by atoms with Crippen molar-refractivity contribution in [1.29, 1.82) is 0 Å². The van der Waals surface area contributed by atoms with Crippen LogP contribution in [0, 0.1) is 6.92 Å². The average molecular weight is 332 g/mol. The quantitative estimate of drug-likeness (QED) is 0.891. The number of β-amino-alcohol motifs (C(OH)–C–C–N with tert-alkyl or cyclic N) is 1. The third-order valence-corrected chi connectivity index (χ3v) is 5.02. The molecule has 2 fully saturated rings. The predicted octanol–water partition coefficient (Wildman–Crippen LogP) is 0.885. The van der Waals surface area contributed by atoms with E-state index in [9.17, 15) is 9.90 Å². The largest absolute Gasteiger partial charge is 0.392 e. The van der Waals surface area contributed by atoms with Crippen molar-refractivity contribution in [2.24, 2.45) is 0 Å². The van der Waals surface area contributed by atoms with Crippen LogP contribution in [0.1, 0.15) is 24.8 Å². The number of aromatic nitrogens is 1. The molecule has 1 atom stereocenters. The number of nitrogens with zero attached hydrogens (tertiary/aromatic N) is 4. The van der Waals surface area contributed by atoms with Gasteiger partial charge in [-0.05, 0) is 44.4 Å². The fraction of sp³-hybridized carbons (Fsp3) is 0.667. The number of amides is 1. The van der Waals surface area contributed by atoms with Gasteiger partial charge in [0.1, 0.15) is 0 Å². The topological polar surface area (TPSA) is 59.9 Å². The lowest BCUT2D eigenvalue weighted by Crippen LogP contribution is -2.46. The van der Waals surface area contributed by atoms with E-state index in [1.807, 2.05) is 17.3 Å². The number of carbonyl (C=O) groups is 1. The molecule has 1 aromatic rings. The number of carbonyl (C=O) groups excluding carboxylic acids is 1. The molecule has 2 aliphatic rings. The van der Waals surface area contributed by atoms with Crippen molar-refractivity contribution in [1.82, 2.24) is 14.8 Å². The number of piperidine rings is 1. The Morgan fingerprint density at radius 1 is 1.25 bits per heavy atom. The molecule has 0 saturated carbocycles. The van der Waals surface area contributed by atoms with E-state index >= 15 is 0 Å². The number of rotatable bonds is 3. The molecule has 1 N–H and O–H groups in total. The van der Waals surface area contributed by atoms with E-state index in [4.69, 9.17) is 0 Å². The Kier molecular flexibility index (Phi) is 5.68. The Labute approximate surface area is 144 Å². The first kappa shape index (κ1) is 17.2. The van der Waals surface area contributed by atoms with Crippen molar-refractivity contribution in [2.45, 2.75) is 32.3 Å². The third kappa shape index (κ3) is 4.24. The minimum absolute atomic E-state index is 0.192. The van der Waals surface area contributed by atoms with Crippen molar-refractivity contribution >= 4 is 11.6 Å². The summed E-state index contributed by atoms with van der Waals surface area (Å²) in [5.41, 5.74) is 2.40. The first-order valence-corrected chi connectivity index (χ1v) is 8.97. The van der Waals surface area contributed by atoms with Gasteiger partial charge in [-0.3, -0.25) is 14.7 Å². The van der Waals surface area contributed by atoms with Crippen LogP contribution in [0.3, 0.4) is 0 Å². The van der Waals surface area contributed by atoms with Crippen LogP contribution in [0.15, 0.2) is 18.5 Å². The zero-order valence-corrected chi connectivity index (χ0v) is 14.5. The van der Waals surface area contributed by atoms with Gasteiger partial charge in [0, 0.05) is 50.8 Å². The highest BCUT2D eigenvalue weighted by atomic mass is 16.3. The monoisotopic (exact) mass is 332 g/mol. The normalized spacial score (nSPS) is 23.2. The van der Waals surface area contributed by atoms with E-state index in [1.54, 1.807) is 0 Å². The van der Waals surface area contributed by atoms with Crippen LogP contribution in [0.4, 0.5) is 5.69 Å². The van der Waals surface area contributed by atoms with Crippen molar-refractivity contribution in [2.75, 3.05) is 50.7 Å². The maximum Gasteiger partial charge on any atom is 0.236 e. The lowest BCUT2D eigenvalue weighted by Gasteiger charge is -2.31. The van der Waals surface area contributed by atoms with Crippen LogP contribution in [-0.4, -0.2) is 77.7 Å². The summed E-state index contributed by atoms with van der Waals surface area (Å²) in [6.07, 6.45) is 6.26. The van der Waals surface area contributed by atoms with Crippen molar-refractivity contribution in [3.63, 3.8) is 0 Å². The SMILES string of the molecule is Cc1cnccc1N1CCCN(C(=O)CN2CCCC(O)C2)CC1. The predicted molar refractivity (Wildman–Crippen MR) is 94.1 cm³/mol. The maximum atomic E-state index is 12.6. The number of anilines is 1. The molecule has 0 aliphatic carbocycles. The second-order valence-electron chi connectivity index (χ2n) is 6.91. The van der Waals surface area contributed by atoms with Crippen LogP contribution in [0.25, 0.3) is 0 Å². The number of aliphatic hydroxyl groups is 1. The molecule has 6 heteroatoms. The minimum Gasteiger partial charge on any atom is -0.392 e. The number of hydrogen-bond acceptors (Lipinski definition) is 5. The molecule has 1 aromatic heterocycles. The van der Waals surface area contributed by atoms with Gasteiger partial charge in [0.25, 0.3) is 0 Å². The Morgan fingerprint density at radius 2 is 2.12 bits per heavy atom. The number of pyridine rings is 1. The molecule has 3 heterocycles. The molecule has 1 unspecified atom stereocenters. The van der Waals surface area contributed by atoms with E-state index < -0.39 is 0 Å². The summed E-state index contributed by atoms with van der Waals surface area (Å²) in [5.74, 6) is 0.192. The third-order valence-electron chi connectivity index (χ3n) is 5.02. The Morgan fingerprint density at radius 3 is 2.92 bits per heavy atom. The molecule has 24 heavy (non-hydrogen) atoms. The highest BCUT2D eigenvalue weighted by Gasteiger charge is 2.24. The molecule has 0 aromatic carbocycles. The minimum atomic E-state index is -0.277. The Balaban J connectivity index is 1.55. The molecule has 2 aliphatic heterocycles. The summed E-state index contributed by atoms with van der Waals surface area (Å²) in [6.45, 7) is 7.47. The lowest BCUT2D eigenvalue weighted by atomic mass is 10.1. The van der Waals surface area contributed by atoms with Crippen LogP contribution in [0.5, 0.6) is 0 Å². The van der Waals surface area contributed by atoms with E-state index in [-0.39, 0.29) is 12.0 Å². The van der Waals surface area contributed by atoms with Gasteiger partial charge in [0.05, 0.1) is 12.6 Å². The molecule has 0 radical (unpaired) electrons. The summed E-state index contributed by atoms with van der Waals surface area (Å²) >= 11 is 0. The zero-order valence-electron chi connectivity index (χ0n) is 14.5. The van der Waals surface area contributed by atoms with Crippen LogP contribution >= 0.6 is 0 Å². The molecule has 0 spiro atoms. The lowest BCUT2D eigenvalue weighted by molar-refractivity contribution is -0.132. The molecule has 2 saturated heterocycles. The van der Waals surface area contributed by atoms with Crippen LogP contribution in [0.2, 0.25) is 0 Å². The fourth-order valence-electron chi connectivity index (χ4n) is 3.69. The average Bonchev–Trinajstić information content (AvgIpc) is 2.81. The van der Waals surface area contributed by atoms with E-state index in [2.05, 4.69) is 27.8 Å². The van der Waals surface area contributed by atoms with E-state index in [0.29, 0.717) is 13.1 Å². The van der Waals surface area contributed by atoms with Gasteiger partial charge in [-0.15, -0.1) is 0 Å². The summed E-state index contributed by atoms with van der Waals surface area (Å²) in [5, 5.41) is 9.76. The highest BCUT2D eigenvalue weighted by Crippen LogP contribution is 2.20. The van der Waals surface area contributed by atoms with Gasteiger partial charge in [-0.25, -0.2) is 0 Å². The van der Waals surface area contributed by atoms with E-state index in [0.717, 1.165) is 52.0 Å².